The number of aromatic carboxylic acids is 2. The van der Waals surface area contributed by atoms with Crippen molar-refractivity contribution in [3.8, 4) is 21.6 Å². The molecule has 2 aromatic carbocycles. The maximum Gasteiger partial charge on any atom is 0.345 e. The lowest BCUT2D eigenvalue weighted by Gasteiger charge is -2.19. The van der Waals surface area contributed by atoms with Crippen LogP contribution in [0.3, 0.4) is 0 Å². The van der Waals surface area contributed by atoms with Crippen molar-refractivity contribution < 1.29 is 19.8 Å². The summed E-state index contributed by atoms with van der Waals surface area (Å²) in [4.78, 5) is 24.4. The molecule has 2 N–H and O–H groups in total. The predicted molar refractivity (Wildman–Crippen MR) is 127 cm³/mol. The molecule has 0 unspecified atom stereocenters. The van der Waals surface area contributed by atoms with Crippen LogP contribution in [0.2, 0.25) is 0 Å². The smallest absolute Gasteiger partial charge is 0.345 e. The Morgan fingerprint density at radius 3 is 1.58 bits per heavy atom. The third-order valence-electron chi connectivity index (χ3n) is 5.73. The first-order valence-corrected chi connectivity index (χ1v) is 11.5. The second-order valence-electron chi connectivity index (χ2n) is 7.53. The number of aryl methyl sites for hydroxylation is 4. The van der Waals surface area contributed by atoms with Gasteiger partial charge in [0.15, 0.2) is 0 Å². The van der Waals surface area contributed by atoms with Crippen LogP contribution in [0.1, 0.15) is 70.0 Å². The van der Waals surface area contributed by atoms with Crippen molar-refractivity contribution in [1.82, 2.24) is 0 Å². The fourth-order valence-electron chi connectivity index (χ4n) is 4.19. The zero-order chi connectivity index (χ0) is 22.7. The van der Waals surface area contributed by atoms with Gasteiger partial charge >= 0.3 is 11.9 Å². The molecule has 0 saturated carbocycles. The van der Waals surface area contributed by atoms with Crippen LogP contribution < -0.4 is 0 Å². The van der Waals surface area contributed by atoms with E-state index >= 15 is 0 Å². The number of thiophene rings is 1. The zero-order valence-electron chi connectivity index (χ0n) is 18.4. The number of hydrogen-bond donors (Lipinski definition) is 2. The molecule has 3 aromatic rings. The van der Waals surface area contributed by atoms with E-state index in [-0.39, 0.29) is 0 Å². The highest BCUT2D eigenvalue weighted by atomic mass is 32.1. The Labute approximate surface area is 187 Å². The van der Waals surface area contributed by atoms with Crippen molar-refractivity contribution in [3.63, 3.8) is 0 Å². The van der Waals surface area contributed by atoms with Crippen LogP contribution in [0.5, 0.6) is 0 Å². The van der Waals surface area contributed by atoms with Crippen LogP contribution >= 0.6 is 11.3 Å². The average Bonchev–Trinajstić information content (AvgIpc) is 3.27. The lowest BCUT2D eigenvalue weighted by Crippen LogP contribution is -2.08. The van der Waals surface area contributed by atoms with Gasteiger partial charge in [-0.25, -0.2) is 9.59 Å². The Hall–Kier alpha value is -2.92. The Balaban J connectivity index is 2.24. The molecule has 0 radical (unpaired) electrons. The van der Waals surface area contributed by atoms with Crippen LogP contribution in [-0.4, -0.2) is 22.2 Å². The molecule has 162 valence electrons. The largest absolute Gasteiger partial charge is 0.478 e. The van der Waals surface area contributed by atoms with E-state index in [9.17, 15) is 19.8 Å². The Kier molecular flexibility index (Phi) is 6.96. The number of hydrogen-bond acceptors (Lipinski definition) is 3. The quantitative estimate of drug-likeness (QED) is 0.411. The monoisotopic (exact) mass is 436 g/mol. The van der Waals surface area contributed by atoms with Gasteiger partial charge in [0.25, 0.3) is 0 Å². The number of carbonyl (C=O) groups is 2. The minimum Gasteiger partial charge on any atom is -0.478 e. The third-order valence-corrected chi connectivity index (χ3v) is 6.85. The van der Waals surface area contributed by atoms with E-state index in [1.807, 2.05) is 32.0 Å². The lowest BCUT2D eigenvalue weighted by molar-refractivity contribution is 0.0686. The molecule has 3 rings (SSSR count). The fraction of sp³-hybridized carbons (Fsp3) is 0.308. The van der Waals surface area contributed by atoms with E-state index in [4.69, 9.17) is 0 Å². The molecule has 0 bridgehead atoms. The van der Waals surface area contributed by atoms with Gasteiger partial charge < -0.3 is 10.2 Å². The first-order valence-electron chi connectivity index (χ1n) is 10.7. The Morgan fingerprint density at radius 2 is 1.19 bits per heavy atom. The van der Waals surface area contributed by atoms with E-state index in [0.717, 1.165) is 40.0 Å². The van der Waals surface area contributed by atoms with E-state index in [1.54, 1.807) is 6.07 Å². The van der Waals surface area contributed by atoms with E-state index < -0.39 is 11.9 Å². The lowest BCUT2D eigenvalue weighted by atomic mass is 9.85. The van der Waals surface area contributed by atoms with Crippen LogP contribution in [0.4, 0.5) is 0 Å². The number of rotatable bonds is 8. The molecule has 5 heteroatoms. The van der Waals surface area contributed by atoms with Gasteiger partial charge in [0.05, 0.1) is 5.56 Å². The van der Waals surface area contributed by atoms with E-state index in [2.05, 4.69) is 26.0 Å². The minimum atomic E-state index is -0.906. The molecule has 0 amide bonds. The number of carboxylic acid groups (broad SMARTS) is 2. The van der Waals surface area contributed by atoms with Crippen LogP contribution in [-0.2, 0) is 25.7 Å². The first kappa shape index (κ1) is 22.8. The number of benzene rings is 2. The predicted octanol–water partition coefficient (Wildman–Crippen LogP) is 6.73. The Morgan fingerprint density at radius 1 is 0.710 bits per heavy atom. The number of carboxylic acids is 2. The third kappa shape index (κ3) is 4.42. The molecular formula is C26H28O4S. The average molecular weight is 437 g/mol. The molecule has 4 nitrogen and oxygen atoms in total. The standard InChI is InChI=1S/C26H28O4S/c1-5-15-11-19(21-9-10-22(31-21)25(27)28)12-16(6-2)23(15)20-13-17(7-3)24(26(29)30)18(8-4)14-20/h9-14H,5-8H2,1-4H3,(H,27,28)(H,29,30). The summed E-state index contributed by atoms with van der Waals surface area (Å²) in [5.41, 5.74) is 7.80. The van der Waals surface area contributed by atoms with Gasteiger partial charge in [-0.2, -0.15) is 0 Å². The summed E-state index contributed by atoms with van der Waals surface area (Å²) in [5, 5.41) is 19.0. The van der Waals surface area contributed by atoms with Gasteiger partial charge in [-0.3, -0.25) is 0 Å². The van der Waals surface area contributed by atoms with Gasteiger partial charge in [0, 0.05) is 4.88 Å². The molecule has 0 aliphatic carbocycles. The van der Waals surface area contributed by atoms with Crippen molar-refractivity contribution in [3.05, 3.63) is 69.1 Å². The molecule has 0 aliphatic heterocycles. The molecule has 0 saturated heterocycles. The molecular weight excluding hydrogens is 408 g/mol. The van der Waals surface area contributed by atoms with Gasteiger partial charge in [0.1, 0.15) is 4.88 Å². The summed E-state index contributed by atoms with van der Waals surface area (Å²) in [7, 11) is 0. The van der Waals surface area contributed by atoms with Crippen molar-refractivity contribution in [2.75, 3.05) is 0 Å². The van der Waals surface area contributed by atoms with Crippen molar-refractivity contribution in [2.24, 2.45) is 0 Å². The van der Waals surface area contributed by atoms with Crippen LogP contribution in [0, 0.1) is 0 Å². The summed E-state index contributed by atoms with van der Waals surface area (Å²) in [6.45, 7) is 8.22. The van der Waals surface area contributed by atoms with E-state index in [1.165, 1.54) is 28.0 Å². The summed E-state index contributed by atoms with van der Waals surface area (Å²) < 4.78 is 0. The summed E-state index contributed by atoms with van der Waals surface area (Å²) in [6, 6.07) is 11.9. The van der Waals surface area contributed by atoms with Crippen molar-refractivity contribution in [1.29, 1.82) is 0 Å². The van der Waals surface area contributed by atoms with Crippen molar-refractivity contribution >= 4 is 23.3 Å². The topological polar surface area (TPSA) is 74.6 Å². The highest BCUT2D eigenvalue weighted by molar-refractivity contribution is 7.17. The highest BCUT2D eigenvalue weighted by Gasteiger charge is 2.19. The molecule has 0 spiro atoms. The highest BCUT2D eigenvalue weighted by Crippen LogP contribution is 2.37. The van der Waals surface area contributed by atoms with E-state index in [0.29, 0.717) is 23.3 Å². The molecule has 0 atom stereocenters. The fourth-order valence-corrected chi connectivity index (χ4v) is 5.02. The van der Waals surface area contributed by atoms with Crippen molar-refractivity contribution in [2.45, 2.75) is 53.4 Å². The van der Waals surface area contributed by atoms with Crippen LogP contribution in [0.25, 0.3) is 21.6 Å². The normalized spacial score (nSPS) is 11.0. The Bertz CT molecular complexity index is 1090. The molecule has 31 heavy (non-hydrogen) atoms. The molecule has 0 fully saturated rings. The minimum absolute atomic E-state index is 0.333. The second-order valence-corrected chi connectivity index (χ2v) is 8.61. The molecule has 0 aliphatic rings. The summed E-state index contributed by atoms with van der Waals surface area (Å²) in [6.07, 6.45) is 2.99. The summed E-state index contributed by atoms with van der Waals surface area (Å²) >= 11 is 1.29. The SMILES string of the molecule is CCc1cc(-c2c(CC)cc(-c3ccc(C(=O)O)s3)cc2CC)cc(CC)c1C(=O)O. The maximum absolute atomic E-state index is 11.9. The van der Waals surface area contributed by atoms with Gasteiger partial charge in [-0.05, 0) is 88.9 Å². The maximum atomic E-state index is 11.9. The van der Waals surface area contributed by atoms with Crippen LogP contribution in [0.15, 0.2) is 36.4 Å². The molecule has 1 heterocycles. The first-order chi connectivity index (χ1) is 14.8. The van der Waals surface area contributed by atoms with Gasteiger partial charge in [-0.15, -0.1) is 11.3 Å². The van der Waals surface area contributed by atoms with Gasteiger partial charge in [0.2, 0.25) is 0 Å². The van der Waals surface area contributed by atoms with Gasteiger partial charge in [-0.1, -0.05) is 39.8 Å². The second kappa shape index (κ2) is 9.48. The zero-order valence-corrected chi connectivity index (χ0v) is 19.2. The molecule has 1 aromatic heterocycles. The summed E-state index contributed by atoms with van der Waals surface area (Å²) in [5.74, 6) is -1.77.